The van der Waals surface area contributed by atoms with E-state index in [2.05, 4.69) is 20.8 Å². The van der Waals surface area contributed by atoms with E-state index in [-0.39, 0.29) is 18.5 Å². The summed E-state index contributed by atoms with van der Waals surface area (Å²) in [7, 11) is -5.17. The predicted molar refractivity (Wildman–Crippen MR) is 86.4 cm³/mol. The predicted octanol–water partition coefficient (Wildman–Crippen LogP) is 4.93. The van der Waals surface area contributed by atoms with Crippen molar-refractivity contribution in [3.8, 4) is 0 Å². The Morgan fingerprint density at radius 2 is 1.57 bits per heavy atom. The van der Waals surface area contributed by atoms with Crippen LogP contribution in [0, 0.1) is 11.3 Å². The number of rotatable bonds is 8. The van der Waals surface area contributed by atoms with Gasteiger partial charge in [0.25, 0.3) is 0 Å². The van der Waals surface area contributed by atoms with Crippen molar-refractivity contribution >= 4 is 10.0 Å². The summed E-state index contributed by atoms with van der Waals surface area (Å²) in [6.45, 7) is 6.48. The third-order valence-corrected chi connectivity index (χ3v) is 6.87. The van der Waals surface area contributed by atoms with Crippen molar-refractivity contribution in [3.05, 3.63) is 0 Å². The van der Waals surface area contributed by atoms with Crippen LogP contribution in [0.3, 0.4) is 0 Å². The minimum absolute atomic E-state index is 0.0143. The molecular formula is C16H30F3NO2S. The summed E-state index contributed by atoms with van der Waals surface area (Å²) in [5, 5.41) is 0. The number of unbranched alkanes of at least 4 members (excludes halogenated alkanes) is 2. The van der Waals surface area contributed by atoms with Gasteiger partial charge in [-0.05, 0) is 37.0 Å². The van der Waals surface area contributed by atoms with Gasteiger partial charge in [-0.15, -0.1) is 0 Å². The summed E-state index contributed by atoms with van der Waals surface area (Å²) in [5.74, 6) is 0.305. The van der Waals surface area contributed by atoms with Gasteiger partial charge in [0.15, 0.2) is 0 Å². The Balaban J connectivity index is 2.72. The highest BCUT2D eigenvalue weighted by molar-refractivity contribution is 7.90. The zero-order valence-corrected chi connectivity index (χ0v) is 15.3. The number of nitrogens with zero attached hydrogens (tertiary/aromatic N) is 1. The molecule has 0 bridgehead atoms. The van der Waals surface area contributed by atoms with Crippen molar-refractivity contribution in [3.63, 3.8) is 0 Å². The maximum atomic E-state index is 12.6. The van der Waals surface area contributed by atoms with Crippen molar-refractivity contribution in [2.45, 2.75) is 77.6 Å². The molecule has 0 radical (unpaired) electrons. The van der Waals surface area contributed by atoms with Gasteiger partial charge in [0.05, 0.1) is 0 Å². The molecule has 0 aromatic carbocycles. The molecule has 0 saturated carbocycles. The number of sulfonamides is 1. The lowest BCUT2D eigenvalue weighted by atomic mass is 9.67. The van der Waals surface area contributed by atoms with Crippen LogP contribution < -0.4 is 0 Å². The third-order valence-electron chi connectivity index (χ3n) is 5.24. The summed E-state index contributed by atoms with van der Waals surface area (Å²) in [6, 6.07) is 0. The molecule has 0 aromatic rings. The molecule has 7 heteroatoms. The molecule has 1 rings (SSSR count). The first-order valence-electron chi connectivity index (χ1n) is 8.65. The molecule has 3 nitrogen and oxygen atoms in total. The SMILES string of the molecule is CCCCCC(C)(CCC)C1CCN(S(=O)(=O)C(F)(F)F)CC1. The van der Waals surface area contributed by atoms with Gasteiger partial charge < -0.3 is 0 Å². The molecule has 1 aliphatic heterocycles. The molecule has 23 heavy (non-hydrogen) atoms. The number of alkyl halides is 3. The maximum Gasteiger partial charge on any atom is 0.511 e. The lowest BCUT2D eigenvalue weighted by molar-refractivity contribution is -0.0503. The fraction of sp³-hybridized carbons (Fsp3) is 1.00. The van der Waals surface area contributed by atoms with Gasteiger partial charge in [-0.3, -0.25) is 0 Å². The van der Waals surface area contributed by atoms with Crippen LogP contribution in [0.5, 0.6) is 0 Å². The summed E-state index contributed by atoms with van der Waals surface area (Å²) >= 11 is 0. The van der Waals surface area contributed by atoms with E-state index in [9.17, 15) is 21.6 Å². The summed E-state index contributed by atoms with van der Waals surface area (Å²) in [6.07, 6.45) is 7.66. The molecule has 1 unspecified atom stereocenters. The van der Waals surface area contributed by atoms with E-state index in [1.807, 2.05) is 0 Å². The number of hydrogen-bond acceptors (Lipinski definition) is 2. The van der Waals surface area contributed by atoms with Gasteiger partial charge in [-0.25, -0.2) is 8.42 Å². The van der Waals surface area contributed by atoms with Crippen LogP contribution in [0.15, 0.2) is 0 Å². The zero-order valence-electron chi connectivity index (χ0n) is 14.5. The molecule has 1 saturated heterocycles. The molecule has 0 aromatic heterocycles. The molecule has 0 spiro atoms. The second kappa shape index (κ2) is 8.19. The highest BCUT2D eigenvalue weighted by Gasteiger charge is 2.51. The van der Waals surface area contributed by atoms with Crippen LogP contribution in [0.2, 0.25) is 0 Å². The molecule has 138 valence electrons. The van der Waals surface area contributed by atoms with Gasteiger partial charge in [0, 0.05) is 13.1 Å². The van der Waals surface area contributed by atoms with E-state index < -0.39 is 15.5 Å². The molecule has 0 aliphatic carbocycles. The summed E-state index contributed by atoms with van der Waals surface area (Å²) < 4.78 is 61.6. The Morgan fingerprint density at radius 3 is 2.00 bits per heavy atom. The molecule has 1 atom stereocenters. The normalized spacial score (nSPS) is 21.3. The molecule has 1 fully saturated rings. The largest absolute Gasteiger partial charge is 0.511 e. The highest BCUT2D eigenvalue weighted by atomic mass is 32.2. The van der Waals surface area contributed by atoms with E-state index >= 15 is 0 Å². The van der Waals surface area contributed by atoms with Crippen LogP contribution >= 0.6 is 0 Å². The molecule has 0 N–H and O–H groups in total. The first-order valence-corrected chi connectivity index (χ1v) is 10.1. The van der Waals surface area contributed by atoms with Crippen LogP contribution in [0.4, 0.5) is 13.2 Å². The zero-order chi connectivity index (χ0) is 17.7. The molecule has 1 aliphatic rings. The Morgan fingerprint density at radius 1 is 1.00 bits per heavy atom. The first-order chi connectivity index (χ1) is 10.6. The standard InChI is InChI=1S/C16H30F3NO2S/c1-4-6-7-11-15(3,10-5-2)14-8-12-20(13-9-14)23(21,22)16(17,18)19/h14H,4-13H2,1-3H3. The van der Waals surface area contributed by atoms with Crippen molar-refractivity contribution in [2.24, 2.45) is 11.3 Å². The van der Waals surface area contributed by atoms with Crippen molar-refractivity contribution in [1.29, 1.82) is 0 Å². The van der Waals surface area contributed by atoms with Crippen molar-refractivity contribution in [2.75, 3.05) is 13.1 Å². The number of halogens is 3. The monoisotopic (exact) mass is 357 g/mol. The van der Waals surface area contributed by atoms with Crippen LogP contribution in [-0.4, -0.2) is 31.3 Å². The maximum absolute atomic E-state index is 12.6. The number of hydrogen-bond donors (Lipinski definition) is 0. The van der Waals surface area contributed by atoms with Crippen LogP contribution in [-0.2, 0) is 10.0 Å². The highest BCUT2D eigenvalue weighted by Crippen LogP contribution is 2.44. The Bertz CT molecular complexity index is 456. The van der Waals surface area contributed by atoms with Crippen molar-refractivity contribution < 1.29 is 21.6 Å². The Kier molecular flexibility index (Phi) is 7.38. The smallest absolute Gasteiger partial charge is 0.203 e. The second-order valence-corrected chi connectivity index (χ2v) is 8.91. The van der Waals surface area contributed by atoms with E-state index in [0.717, 1.165) is 32.1 Å². The van der Waals surface area contributed by atoms with E-state index in [4.69, 9.17) is 0 Å². The fourth-order valence-electron chi connectivity index (χ4n) is 3.82. The molecular weight excluding hydrogens is 327 g/mol. The Labute approximate surface area is 138 Å². The average Bonchev–Trinajstić information content (AvgIpc) is 2.47. The molecule has 0 amide bonds. The third kappa shape index (κ3) is 5.08. The van der Waals surface area contributed by atoms with Gasteiger partial charge in [-0.1, -0.05) is 46.5 Å². The van der Waals surface area contributed by atoms with Gasteiger partial charge in [0.1, 0.15) is 0 Å². The lowest BCUT2D eigenvalue weighted by Crippen LogP contribution is -2.47. The van der Waals surface area contributed by atoms with Crippen LogP contribution in [0.25, 0.3) is 0 Å². The minimum Gasteiger partial charge on any atom is -0.203 e. The summed E-state index contributed by atoms with van der Waals surface area (Å²) in [4.78, 5) is 0. The van der Waals surface area contributed by atoms with Crippen molar-refractivity contribution in [1.82, 2.24) is 4.31 Å². The van der Waals surface area contributed by atoms with E-state index in [0.29, 0.717) is 23.1 Å². The topological polar surface area (TPSA) is 37.4 Å². The van der Waals surface area contributed by atoms with Gasteiger partial charge >= 0.3 is 15.5 Å². The van der Waals surface area contributed by atoms with Gasteiger partial charge in [-0.2, -0.15) is 17.5 Å². The summed E-state index contributed by atoms with van der Waals surface area (Å²) in [5.41, 5.74) is -5.08. The lowest BCUT2D eigenvalue weighted by Gasteiger charge is -2.43. The van der Waals surface area contributed by atoms with E-state index in [1.54, 1.807) is 0 Å². The van der Waals surface area contributed by atoms with Crippen LogP contribution in [0.1, 0.15) is 72.1 Å². The quantitative estimate of drug-likeness (QED) is 0.577. The minimum atomic E-state index is -5.19. The average molecular weight is 357 g/mol. The van der Waals surface area contributed by atoms with Gasteiger partial charge in [0.2, 0.25) is 0 Å². The Hall–Kier alpha value is -0.300. The fourth-order valence-corrected chi connectivity index (χ4v) is 4.81. The number of piperidine rings is 1. The molecule has 1 heterocycles. The van der Waals surface area contributed by atoms with E-state index in [1.165, 1.54) is 6.42 Å². The first kappa shape index (κ1) is 20.7. The second-order valence-electron chi connectivity index (χ2n) is 6.99.